The third kappa shape index (κ3) is 5.68. The van der Waals surface area contributed by atoms with Gasteiger partial charge in [-0.05, 0) is 11.8 Å². The van der Waals surface area contributed by atoms with Gasteiger partial charge in [0.15, 0.2) is 0 Å². The van der Waals surface area contributed by atoms with Crippen molar-refractivity contribution < 1.29 is 14.7 Å². The lowest BCUT2D eigenvalue weighted by molar-refractivity contribution is -0.138. The van der Waals surface area contributed by atoms with Gasteiger partial charge in [0.1, 0.15) is 0 Å². The van der Waals surface area contributed by atoms with Crippen LogP contribution in [0.25, 0.3) is 0 Å². The van der Waals surface area contributed by atoms with Gasteiger partial charge < -0.3 is 16.2 Å². The number of hydrogen-bond donors (Lipinski definition) is 3. The van der Waals surface area contributed by atoms with Crippen LogP contribution in [0.2, 0.25) is 0 Å². The van der Waals surface area contributed by atoms with E-state index in [2.05, 4.69) is 5.32 Å². The highest BCUT2D eigenvalue weighted by atomic mass is 16.4. The molecule has 100 valence electrons. The molecule has 0 saturated carbocycles. The van der Waals surface area contributed by atoms with Crippen LogP contribution in [-0.4, -0.2) is 29.1 Å². The maximum atomic E-state index is 11.8. The molecule has 3 atom stereocenters. The van der Waals surface area contributed by atoms with Crippen molar-refractivity contribution >= 4 is 11.9 Å². The van der Waals surface area contributed by atoms with Crippen LogP contribution in [0.1, 0.15) is 40.5 Å². The highest BCUT2D eigenvalue weighted by molar-refractivity contribution is 5.82. The van der Waals surface area contributed by atoms with Gasteiger partial charge in [0, 0.05) is 6.04 Å². The van der Waals surface area contributed by atoms with Crippen LogP contribution >= 0.6 is 0 Å². The summed E-state index contributed by atoms with van der Waals surface area (Å²) in [6.07, 6.45) is 0.747. The summed E-state index contributed by atoms with van der Waals surface area (Å²) < 4.78 is 0. The number of carbonyl (C=O) groups is 2. The van der Waals surface area contributed by atoms with Crippen LogP contribution in [-0.2, 0) is 9.59 Å². The third-order valence-corrected chi connectivity index (χ3v) is 3.09. The Morgan fingerprint density at radius 2 is 1.82 bits per heavy atom. The molecular formula is C12H24N2O3. The first kappa shape index (κ1) is 15.9. The molecule has 0 aromatic heterocycles. The molecule has 5 heteroatoms. The first-order valence-electron chi connectivity index (χ1n) is 6.07. The number of amides is 1. The van der Waals surface area contributed by atoms with Crippen LogP contribution in [0, 0.1) is 11.8 Å². The van der Waals surface area contributed by atoms with Gasteiger partial charge in [-0.25, -0.2) is 0 Å². The molecule has 5 nitrogen and oxygen atoms in total. The Kier molecular flexibility index (Phi) is 6.80. The van der Waals surface area contributed by atoms with E-state index in [1.165, 1.54) is 0 Å². The van der Waals surface area contributed by atoms with Gasteiger partial charge in [0.05, 0.1) is 12.5 Å². The summed E-state index contributed by atoms with van der Waals surface area (Å²) in [6, 6.07) is -0.940. The number of carboxylic acids is 1. The highest BCUT2D eigenvalue weighted by Gasteiger charge is 2.24. The second-order valence-corrected chi connectivity index (χ2v) is 4.87. The van der Waals surface area contributed by atoms with Gasteiger partial charge in [0.25, 0.3) is 0 Å². The van der Waals surface area contributed by atoms with Crippen molar-refractivity contribution in [3.05, 3.63) is 0 Å². The van der Waals surface area contributed by atoms with Crippen molar-refractivity contribution in [1.82, 2.24) is 5.32 Å². The number of nitrogens with two attached hydrogens (primary N) is 1. The van der Waals surface area contributed by atoms with Crippen LogP contribution in [0.4, 0.5) is 0 Å². The topological polar surface area (TPSA) is 92.4 Å². The van der Waals surface area contributed by atoms with E-state index in [1.807, 2.05) is 27.7 Å². The molecule has 1 amide bonds. The Morgan fingerprint density at radius 1 is 1.29 bits per heavy atom. The van der Waals surface area contributed by atoms with Gasteiger partial charge in [-0.3, -0.25) is 9.59 Å². The number of rotatable bonds is 7. The number of nitrogens with one attached hydrogen (secondary N) is 1. The molecule has 17 heavy (non-hydrogen) atoms. The largest absolute Gasteiger partial charge is 0.481 e. The number of hydrogen-bond acceptors (Lipinski definition) is 3. The highest BCUT2D eigenvalue weighted by Crippen LogP contribution is 2.09. The van der Waals surface area contributed by atoms with E-state index in [9.17, 15) is 9.59 Å². The lowest BCUT2D eigenvalue weighted by atomic mass is 9.96. The molecule has 0 spiro atoms. The maximum absolute atomic E-state index is 11.8. The van der Waals surface area contributed by atoms with Gasteiger partial charge in [-0.2, -0.15) is 0 Å². The molecule has 0 fully saturated rings. The Hall–Kier alpha value is -1.10. The predicted molar refractivity (Wildman–Crippen MR) is 66.5 cm³/mol. The van der Waals surface area contributed by atoms with Gasteiger partial charge in [-0.1, -0.05) is 34.1 Å². The van der Waals surface area contributed by atoms with Crippen molar-refractivity contribution in [2.75, 3.05) is 0 Å². The van der Waals surface area contributed by atoms with E-state index in [4.69, 9.17) is 10.8 Å². The van der Waals surface area contributed by atoms with Gasteiger partial charge in [0.2, 0.25) is 5.91 Å². The van der Waals surface area contributed by atoms with E-state index in [1.54, 1.807) is 0 Å². The zero-order valence-electron chi connectivity index (χ0n) is 11.1. The second kappa shape index (κ2) is 7.27. The summed E-state index contributed by atoms with van der Waals surface area (Å²) in [5.74, 6) is -1.02. The third-order valence-electron chi connectivity index (χ3n) is 3.09. The zero-order valence-corrected chi connectivity index (χ0v) is 11.1. The minimum Gasteiger partial charge on any atom is -0.481 e. The van der Waals surface area contributed by atoms with Gasteiger partial charge >= 0.3 is 5.97 Å². The summed E-state index contributed by atoms with van der Waals surface area (Å²) in [7, 11) is 0. The van der Waals surface area contributed by atoms with E-state index in [0.29, 0.717) is 0 Å². The average molecular weight is 244 g/mol. The molecule has 0 bridgehead atoms. The fourth-order valence-corrected chi connectivity index (χ4v) is 1.43. The fraction of sp³-hybridized carbons (Fsp3) is 0.833. The summed E-state index contributed by atoms with van der Waals surface area (Å²) in [4.78, 5) is 22.5. The molecule has 0 aliphatic rings. The standard InChI is InChI=1S/C12H24N2O3/c1-5-8(4)11(13)12(17)14-9(7(2)3)6-10(15)16/h7-9,11H,5-6,13H2,1-4H3,(H,14,17)(H,15,16)/t8?,9?,11-/m0/s1. The van der Waals surface area contributed by atoms with Crippen LogP contribution in [0.5, 0.6) is 0 Å². The number of carboxylic acid groups (broad SMARTS) is 1. The molecule has 0 aliphatic carbocycles. The SMILES string of the molecule is CCC(C)[C@H](N)C(=O)NC(CC(=O)O)C(C)C. The normalized spacial score (nSPS) is 16.4. The molecule has 0 saturated heterocycles. The first-order chi connectivity index (χ1) is 7.79. The van der Waals surface area contributed by atoms with Crippen molar-refractivity contribution in [1.29, 1.82) is 0 Å². The van der Waals surface area contributed by atoms with Crippen molar-refractivity contribution in [2.24, 2.45) is 17.6 Å². The van der Waals surface area contributed by atoms with Crippen molar-refractivity contribution in [3.8, 4) is 0 Å². The molecule has 0 heterocycles. The quantitative estimate of drug-likeness (QED) is 0.622. The van der Waals surface area contributed by atoms with E-state index in [-0.39, 0.29) is 30.2 Å². The zero-order chi connectivity index (χ0) is 13.6. The fourth-order valence-electron chi connectivity index (χ4n) is 1.43. The van der Waals surface area contributed by atoms with Crippen LogP contribution in [0.15, 0.2) is 0 Å². The maximum Gasteiger partial charge on any atom is 0.305 e. The smallest absolute Gasteiger partial charge is 0.305 e. The lowest BCUT2D eigenvalue weighted by Gasteiger charge is -2.24. The van der Waals surface area contributed by atoms with Crippen LogP contribution < -0.4 is 11.1 Å². The van der Waals surface area contributed by atoms with Crippen molar-refractivity contribution in [2.45, 2.75) is 52.6 Å². The Bertz CT molecular complexity index is 266. The van der Waals surface area contributed by atoms with Gasteiger partial charge in [-0.15, -0.1) is 0 Å². The minimum atomic E-state index is -0.916. The van der Waals surface area contributed by atoms with E-state index in [0.717, 1.165) is 6.42 Å². The van der Waals surface area contributed by atoms with Crippen LogP contribution in [0.3, 0.4) is 0 Å². The number of carbonyl (C=O) groups excluding carboxylic acids is 1. The summed E-state index contributed by atoms with van der Waals surface area (Å²) in [5.41, 5.74) is 5.79. The van der Waals surface area contributed by atoms with E-state index >= 15 is 0 Å². The van der Waals surface area contributed by atoms with Crippen molar-refractivity contribution in [3.63, 3.8) is 0 Å². The average Bonchev–Trinajstić information content (AvgIpc) is 2.25. The van der Waals surface area contributed by atoms with E-state index < -0.39 is 12.0 Å². The summed E-state index contributed by atoms with van der Waals surface area (Å²) >= 11 is 0. The predicted octanol–water partition coefficient (Wildman–Crippen LogP) is 0.975. The molecule has 0 aromatic carbocycles. The first-order valence-corrected chi connectivity index (χ1v) is 6.07. The summed E-state index contributed by atoms with van der Waals surface area (Å²) in [6.45, 7) is 7.63. The monoisotopic (exact) mass is 244 g/mol. The molecule has 0 aliphatic heterocycles. The molecule has 0 radical (unpaired) electrons. The Balaban J connectivity index is 4.45. The summed E-state index contributed by atoms with van der Waals surface area (Å²) in [5, 5.41) is 11.5. The second-order valence-electron chi connectivity index (χ2n) is 4.87. The molecule has 2 unspecified atom stereocenters. The Morgan fingerprint density at radius 3 is 2.18 bits per heavy atom. The lowest BCUT2D eigenvalue weighted by Crippen LogP contribution is -2.50. The Labute approximate surface area is 103 Å². The number of aliphatic carboxylic acids is 1. The molecule has 0 rings (SSSR count). The molecule has 4 N–H and O–H groups in total. The molecule has 0 aromatic rings. The molecular weight excluding hydrogens is 220 g/mol. The minimum absolute atomic E-state index is 0.0687.